The molecule has 1 aromatic heterocycles. The summed E-state index contributed by atoms with van der Waals surface area (Å²) in [6, 6.07) is 16.7. The maximum atomic E-state index is 14.5. The van der Waals surface area contributed by atoms with Gasteiger partial charge in [0.1, 0.15) is 23.2 Å². The number of aromatic nitrogens is 2. The van der Waals surface area contributed by atoms with Crippen LogP contribution in [-0.4, -0.2) is 38.0 Å². The van der Waals surface area contributed by atoms with E-state index in [9.17, 15) is 19.1 Å². The summed E-state index contributed by atoms with van der Waals surface area (Å²) in [6.45, 7) is 4.55. The van der Waals surface area contributed by atoms with E-state index < -0.39 is 6.03 Å². The van der Waals surface area contributed by atoms with Crippen LogP contribution < -0.4 is 10.2 Å². The number of imide groups is 1. The number of hydrogen-bond donors (Lipinski definition) is 2. The lowest BCUT2D eigenvalue weighted by molar-refractivity contribution is -0.120. The zero-order chi connectivity index (χ0) is 28.7. The van der Waals surface area contributed by atoms with Crippen molar-refractivity contribution in [2.45, 2.75) is 45.8 Å². The number of rotatable bonds is 7. The van der Waals surface area contributed by atoms with Crippen molar-refractivity contribution < 1.29 is 19.1 Å². The molecule has 4 aromatic rings. The molecular formula is C32H32FN5O3. The van der Waals surface area contributed by atoms with Crippen molar-refractivity contribution in [3.63, 3.8) is 0 Å². The van der Waals surface area contributed by atoms with Crippen LogP contribution in [0.25, 0.3) is 11.4 Å². The Balaban J connectivity index is 1.14. The van der Waals surface area contributed by atoms with E-state index in [4.69, 9.17) is 0 Å². The standard InChI is InChI=1S/C32H32FN5O3/c1-3-21-5-4-6-27(33)26(21)15-22-8-7-20(13-28(22)39)17-37-18-24-10-9-23(14-25(24)19-37)31-34-16-30(36(31)2)38-12-11-29(40)35-32(38)41/h4-10,13-14,16,39H,3,11-12,15,17-19H2,1-2H3,(H,35,40,41). The van der Waals surface area contributed by atoms with E-state index in [1.165, 1.54) is 22.1 Å². The van der Waals surface area contributed by atoms with Crippen LogP contribution in [0.4, 0.5) is 15.0 Å². The van der Waals surface area contributed by atoms with Gasteiger partial charge in [-0.15, -0.1) is 0 Å². The van der Waals surface area contributed by atoms with Gasteiger partial charge >= 0.3 is 6.03 Å². The maximum absolute atomic E-state index is 14.5. The minimum absolute atomic E-state index is 0.184. The van der Waals surface area contributed by atoms with Crippen LogP contribution in [0.5, 0.6) is 5.75 Å². The van der Waals surface area contributed by atoms with Gasteiger partial charge in [0.05, 0.1) is 6.20 Å². The summed E-state index contributed by atoms with van der Waals surface area (Å²) in [5, 5.41) is 13.1. The summed E-state index contributed by atoms with van der Waals surface area (Å²) in [4.78, 5) is 32.3. The summed E-state index contributed by atoms with van der Waals surface area (Å²) >= 11 is 0. The van der Waals surface area contributed by atoms with E-state index in [0.29, 0.717) is 36.5 Å². The Morgan fingerprint density at radius 1 is 1.02 bits per heavy atom. The highest BCUT2D eigenvalue weighted by molar-refractivity contribution is 6.05. The van der Waals surface area contributed by atoms with Gasteiger partial charge in [-0.1, -0.05) is 43.3 Å². The Bertz CT molecular complexity index is 1660. The zero-order valence-corrected chi connectivity index (χ0v) is 23.2. The number of phenols is 1. The molecule has 0 unspecified atom stereocenters. The number of fused-ring (bicyclic) bond motifs is 1. The number of aryl methyl sites for hydroxylation is 1. The zero-order valence-electron chi connectivity index (χ0n) is 23.2. The second-order valence-electron chi connectivity index (χ2n) is 10.8. The van der Waals surface area contributed by atoms with Crippen molar-refractivity contribution >= 4 is 17.8 Å². The van der Waals surface area contributed by atoms with Gasteiger partial charge in [-0.05, 0) is 58.0 Å². The minimum Gasteiger partial charge on any atom is -0.508 e. The number of nitrogens with one attached hydrogen (secondary N) is 1. The Labute approximate surface area is 238 Å². The number of phenolic OH excluding ortho intramolecular Hbond substituents is 1. The Morgan fingerprint density at radius 2 is 1.85 bits per heavy atom. The van der Waals surface area contributed by atoms with Crippen LogP contribution in [0.1, 0.15) is 46.7 Å². The van der Waals surface area contributed by atoms with E-state index in [1.807, 2.05) is 42.8 Å². The van der Waals surface area contributed by atoms with Gasteiger partial charge in [0.2, 0.25) is 5.91 Å². The monoisotopic (exact) mass is 553 g/mol. The number of carbonyl (C=O) groups excluding carboxylic acids is 2. The summed E-state index contributed by atoms with van der Waals surface area (Å²) < 4.78 is 16.4. The van der Waals surface area contributed by atoms with Crippen molar-refractivity contribution in [3.05, 3.63) is 100.0 Å². The summed E-state index contributed by atoms with van der Waals surface area (Å²) in [7, 11) is 1.87. The lowest BCUT2D eigenvalue weighted by Crippen LogP contribution is -2.50. The summed E-state index contributed by atoms with van der Waals surface area (Å²) in [6.07, 6.45) is 3.01. The van der Waals surface area contributed by atoms with E-state index in [1.54, 1.807) is 18.3 Å². The van der Waals surface area contributed by atoms with Crippen molar-refractivity contribution in [1.29, 1.82) is 0 Å². The fourth-order valence-corrected chi connectivity index (χ4v) is 5.86. The molecule has 6 rings (SSSR count). The molecule has 9 heteroatoms. The van der Waals surface area contributed by atoms with E-state index >= 15 is 0 Å². The van der Waals surface area contributed by atoms with Crippen molar-refractivity contribution in [3.8, 4) is 17.1 Å². The van der Waals surface area contributed by atoms with Crippen LogP contribution >= 0.6 is 0 Å². The van der Waals surface area contributed by atoms with Crippen LogP contribution in [-0.2, 0) is 44.3 Å². The molecule has 2 aliphatic rings. The van der Waals surface area contributed by atoms with Crippen molar-refractivity contribution in [1.82, 2.24) is 19.8 Å². The quantitative estimate of drug-likeness (QED) is 0.334. The first kappa shape index (κ1) is 26.7. The van der Waals surface area contributed by atoms with Gasteiger partial charge < -0.3 is 9.67 Å². The minimum atomic E-state index is -0.433. The lowest BCUT2D eigenvalue weighted by Gasteiger charge is -2.26. The molecule has 0 bridgehead atoms. The number of aromatic hydroxyl groups is 1. The van der Waals surface area contributed by atoms with Crippen LogP contribution in [0.3, 0.4) is 0 Å². The lowest BCUT2D eigenvalue weighted by atomic mass is 9.96. The number of carbonyl (C=O) groups is 2. The SMILES string of the molecule is CCc1cccc(F)c1Cc1ccc(CN2Cc3ccc(-c4ncc(N5CCC(=O)NC5=O)n4C)cc3C2)cc1O. The molecule has 2 aliphatic heterocycles. The third-order valence-electron chi connectivity index (χ3n) is 8.07. The van der Waals surface area contributed by atoms with E-state index in [0.717, 1.165) is 42.0 Å². The number of hydrogen-bond acceptors (Lipinski definition) is 5. The molecule has 0 radical (unpaired) electrons. The predicted octanol–water partition coefficient (Wildman–Crippen LogP) is 5.05. The van der Waals surface area contributed by atoms with Crippen molar-refractivity contribution in [2.24, 2.45) is 7.05 Å². The predicted molar refractivity (Wildman–Crippen MR) is 154 cm³/mol. The summed E-state index contributed by atoms with van der Waals surface area (Å²) in [5.41, 5.74) is 6.71. The largest absolute Gasteiger partial charge is 0.508 e. The molecule has 8 nitrogen and oxygen atoms in total. The number of imidazole rings is 1. The van der Waals surface area contributed by atoms with Crippen molar-refractivity contribution in [2.75, 3.05) is 11.4 Å². The van der Waals surface area contributed by atoms with Crippen LogP contribution in [0, 0.1) is 5.82 Å². The highest BCUT2D eigenvalue weighted by Crippen LogP contribution is 2.32. The maximum Gasteiger partial charge on any atom is 0.329 e. The van der Waals surface area contributed by atoms with Gasteiger partial charge in [0.25, 0.3) is 0 Å². The normalized spacial score (nSPS) is 15.3. The molecule has 1 saturated heterocycles. The van der Waals surface area contributed by atoms with E-state index in [-0.39, 0.29) is 23.9 Å². The summed E-state index contributed by atoms with van der Waals surface area (Å²) in [5.74, 6) is 1.06. The Kier molecular flexibility index (Phi) is 7.05. The second-order valence-corrected chi connectivity index (χ2v) is 10.8. The second kappa shape index (κ2) is 10.8. The topological polar surface area (TPSA) is 90.7 Å². The third kappa shape index (κ3) is 5.20. The molecule has 0 atom stereocenters. The molecule has 210 valence electrons. The Morgan fingerprint density at radius 3 is 2.63 bits per heavy atom. The Hall–Kier alpha value is -4.50. The smallest absolute Gasteiger partial charge is 0.329 e. The van der Waals surface area contributed by atoms with Gasteiger partial charge in [0, 0.05) is 51.6 Å². The van der Waals surface area contributed by atoms with Gasteiger partial charge in [-0.2, -0.15) is 0 Å². The van der Waals surface area contributed by atoms with Gasteiger partial charge in [0.15, 0.2) is 0 Å². The molecule has 0 spiro atoms. The molecule has 0 saturated carbocycles. The average molecular weight is 554 g/mol. The molecule has 41 heavy (non-hydrogen) atoms. The fourth-order valence-electron chi connectivity index (χ4n) is 5.86. The molecule has 2 N–H and O–H groups in total. The van der Waals surface area contributed by atoms with Gasteiger partial charge in [-0.25, -0.2) is 14.2 Å². The molecular weight excluding hydrogens is 521 g/mol. The van der Waals surface area contributed by atoms with Crippen LogP contribution in [0.2, 0.25) is 0 Å². The number of nitrogens with zero attached hydrogens (tertiary/aromatic N) is 4. The van der Waals surface area contributed by atoms with Crippen LogP contribution in [0.15, 0.2) is 60.8 Å². The third-order valence-corrected chi connectivity index (χ3v) is 8.07. The first-order chi connectivity index (χ1) is 19.8. The number of urea groups is 1. The molecule has 3 amide bonds. The van der Waals surface area contributed by atoms with Gasteiger partial charge in [-0.3, -0.25) is 19.9 Å². The average Bonchev–Trinajstić information content (AvgIpc) is 3.53. The fraction of sp³-hybridized carbons (Fsp3) is 0.281. The highest BCUT2D eigenvalue weighted by Gasteiger charge is 2.28. The number of anilines is 1. The molecule has 0 aliphatic carbocycles. The first-order valence-corrected chi connectivity index (χ1v) is 13.8. The highest BCUT2D eigenvalue weighted by atomic mass is 19.1. The molecule has 3 aromatic carbocycles. The van der Waals surface area contributed by atoms with E-state index in [2.05, 4.69) is 27.3 Å². The number of halogens is 1. The number of benzene rings is 3. The molecule has 3 heterocycles. The number of amides is 3. The first-order valence-electron chi connectivity index (χ1n) is 13.8. The molecule has 1 fully saturated rings.